The standard InChI is InChI=1S/C12H10N2OS2/c1-7(15)9-6-16-11(14-9)12-13-8-4-2-3-5-10(8)17-12/h2-5,9H,6H2,1H3. The summed E-state index contributed by atoms with van der Waals surface area (Å²) in [6, 6.07) is 7.86. The second-order valence-corrected chi connectivity index (χ2v) is 5.90. The molecule has 1 atom stereocenters. The summed E-state index contributed by atoms with van der Waals surface area (Å²) in [5, 5.41) is 1.84. The summed E-state index contributed by atoms with van der Waals surface area (Å²) in [6.07, 6.45) is 0. The molecule has 0 amide bonds. The van der Waals surface area contributed by atoms with Crippen molar-refractivity contribution in [3.8, 4) is 0 Å². The minimum atomic E-state index is -0.179. The number of hydrogen-bond acceptors (Lipinski definition) is 5. The number of aliphatic imine (C=N–C) groups is 1. The molecule has 2 aromatic rings. The molecular formula is C12H10N2OS2. The topological polar surface area (TPSA) is 42.3 Å². The molecule has 0 bridgehead atoms. The number of rotatable bonds is 2. The van der Waals surface area contributed by atoms with Crippen LogP contribution in [0.1, 0.15) is 11.9 Å². The molecule has 5 heteroatoms. The first kappa shape index (κ1) is 10.9. The van der Waals surface area contributed by atoms with Crippen molar-refractivity contribution < 1.29 is 4.79 Å². The predicted octanol–water partition coefficient (Wildman–Crippen LogP) is 2.75. The summed E-state index contributed by atoms with van der Waals surface area (Å²) in [7, 11) is 0. The van der Waals surface area contributed by atoms with Crippen LogP contribution in [0.5, 0.6) is 0 Å². The number of carbonyl (C=O) groups excluding carboxylic acids is 1. The molecular weight excluding hydrogens is 252 g/mol. The second kappa shape index (κ2) is 4.23. The summed E-state index contributed by atoms with van der Waals surface area (Å²) < 4.78 is 1.16. The number of hydrogen-bond donors (Lipinski definition) is 0. The van der Waals surface area contributed by atoms with Crippen molar-refractivity contribution in [1.29, 1.82) is 0 Å². The van der Waals surface area contributed by atoms with Crippen molar-refractivity contribution >= 4 is 44.1 Å². The van der Waals surface area contributed by atoms with Gasteiger partial charge in [0.05, 0.1) is 10.2 Å². The Morgan fingerprint density at radius 1 is 1.41 bits per heavy atom. The molecule has 1 aliphatic rings. The van der Waals surface area contributed by atoms with Crippen LogP contribution in [0.15, 0.2) is 29.3 Å². The van der Waals surface area contributed by atoms with Crippen LogP contribution in [0, 0.1) is 0 Å². The highest BCUT2D eigenvalue weighted by Gasteiger charge is 2.24. The number of nitrogens with zero attached hydrogens (tertiary/aromatic N) is 2. The Kier molecular flexibility index (Phi) is 2.72. The molecule has 0 N–H and O–H groups in total. The van der Waals surface area contributed by atoms with Crippen molar-refractivity contribution in [3.63, 3.8) is 0 Å². The van der Waals surface area contributed by atoms with Crippen LogP contribution in [0.3, 0.4) is 0 Å². The van der Waals surface area contributed by atoms with Gasteiger partial charge in [0.1, 0.15) is 16.1 Å². The number of fused-ring (bicyclic) bond motifs is 1. The van der Waals surface area contributed by atoms with Gasteiger partial charge in [-0.05, 0) is 19.1 Å². The Morgan fingerprint density at radius 3 is 2.94 bits per heavy atom. The fourth-order valence-corrected chi connectivity index (χ4v) is 3.82. The predicted molar refractivity (Wildman–Crippen MR) is 73.1 cm³/mol. The molecule has 0 spiro atoms. The van der Waals surface area contributed by atoms with Gasteiger partial charge in [-0.25, -0.2) is 4.98 Å². The van der Waals surface area contributed by atoms with Crippen LogP contribution in [0.2, 0.25) is 0 Å². The first-order valence-corrected chi connectivity index (χ1v) is 7.11. The summed E-state index contributed by atoms with van der Waals surface area (Å²) >= 11 is 3.26. The molecule has 0 saturated heterocycles. The van der Waals surface area contributed by atoms with Gasteiger partial charge in [-0.15, -0.1) is 23.1 Å². The number of para-hydroxylation sites is 1. The van der Waals surface area contributed by atoms with Crippen molar-refractivity contribution in [3.05, 3.63) is 29.3 Å². The Bertz CT molecular complexity index is 585. The quantitative estimate of drug-likeness (QED) is 0.835. The Morgan fingerprint density at radius 2 is 2.24 bits per heavy atom. The zero-order chi connectivity index (χ0) is 11.8. The molecule has 1 aromatic heterocycles. The maximum atomic E-state index is 11.3. The molecule has 3 rings (SSSR count). The highest BCUT2D eigenvalue weighted by Crippen LogP contribution is 2.29. The Balaban J connectivity index is 1.99. The molecule has 2 heterocycles. The molecule has 1 aliphatic heterocycles. The Hall–Kier alpha value is -1.20. The van der Waals surface area contributed by atoms with Crippen molar-refractivity contribution in [2.75, 3.05) is 5.75 Å². The molecule has 0 radical (unpaired) electrons. The van der Waals surface area contributed by atoms with Crippen molar-refractivity contribution in [2.24, 2.45) is 4.99 Å². The van der Waals surface area contributed by atoms with Crippen LogP contribution in [0.4, 0.5) is 0 Å². The fraction of sp³-hybridized carbons (Fsp3) is 0.250. The largest absolute Gasteiger partial charge is 0.298 e. The van der Waals surface area contributed by atoms with E-state index in [1.165, 1.54) is 0 Å². The third kappa shape index (κ3) is 2.00. The summed E-state index contributed by atoms with van der Waals surface area (Å²) in [4.78, 5) is 20.2. The van der Waals surface area contributed by atoms with E-state index in [0.29, 0.717) is 0 Å². The maximum absolute atomic E-state index is 11.3. The van der Waals surface area contributed by atoms with Gasteiger partial charge in [0, 0.05) is 5.75 Å². The first-order valence-electron chi connectivity index (χ1n) is 5.31. The Labute approximate surface area is 107 Å². The average Bonchev–Trinajstić information content (AvgIpc) is 2.95. The van der Waals surface area contributed by atoms with E-state index in [1.807, 2.05) is 18.2 Å². The second-order valence-electron chi connectivity index (χ2n) is 3.86. The number of ketones is 1. The molecule has 0 aliphatic carbocycles. The first-order chi connectivity index (χ1) is 8.24. The number of thioether (sulfide) groups is 1. The fourth-order valence-electron chi connectivity index (χ4n) is 1.66. The number of carbonyl (C=O) groups is 1. The smallest absolute Gasteiger partial charge is 0.155 e. The minimum absolute atomic E-state index is 0.133. The van der Waals surface area contributed by atoms with Crippen LogP contribution < -0.4 is 0 Å². The van der Waals surface area contributed by atoms with Gasteiger partial charge in [-0.1, -0.05) is 12.1 Å². The van der Waals surface area contributed by atoms with Crippen LogP contribution in [-0.4, -0.2) is 27.6 Å². The van der Waals surface area contributed by atoms with Gasteiger partial charge in [-0.2, -0.15) is 0 Å². The SMILES string of the molecule is CC(=O)C1CSC(c2nc3ccccc3s2)=N1. The van der Waals surface area contributed by atoms with Crippen LogP contribution in [-0.2, 0) is 4.79 Å². The lowest BCUT2D eigenvalue weighted by Gasteiger charge is -1.95. The average molecular weight is 262 g/mol. The van der Waals surface area contributed by atoms with Gasteiger partial charge in [0.25, 0.3) is 0 Å². The third-order valence-corrected chi connectivity index (χ3v) is 4.82. The van der Waals surface area contributed by atoms with Gasteiger partial charge in [-0.3, -0.25) is 9.79 Å². The summed E-state index contributed by atoms with van der Waals surface area (Å²) in [6.45, 7) is 1.59. The van der Waals surface area contributed by atoms with Gasteiger partial charge in [0.15, 0.2) is 5.78 Å². The third-order valence-electron chi connectivity index (χ3n) is 2.60. The van der Waals surface area contributed by atoms with Gasteiger partial charge in [0.2, 0.25) is 0 Å². The van der Waals surface area contributed by atoms with E-state index >= 15 is 0 Å². The summed E-state index contributed by atoms with van der Waals surface area (Å²) in [5.41, 5.74) is 1.00. The number of thiazole rings is 1. The number of Topliss-reactive ketones (excluding diaryl/α,β-unsaturated/α-hetero) is 1. The minimum Gasteiger partial charge on any atom is -0.298 e. The monoisotopic (exact) mass is 262 g/mol. The molecule has 17 heavy (non-hydrogen) atoms. The van der Waals surface area contributed by atoms with Crippen molar-refractivity contribution in [2.45, 2.75) is 13.0 Å². The molecule has 0 saturated carbocycles. The maximum Gasteiger partial charge on any atom is 0.155 e. The lowest BCUT2D eigenvalue weighted by molar-refractivity contribution is -0.117. The van der Waals surface area contributed by atoms with E-state index < -0.39 is 0 Å². The zero-order valence-corrected chi connectivity index (χ0v) is 10.8. The van der Waals surface area contributed by atoms with E-state index in [4.69, 9.17) is 0 Å². The number of aromatic nitrogens is 1. The highest BCUT2D eigenvalue weighted by atomic mass is 32.2. The molecule has 1 unspecified atom stereocenters. The lowest BCUT2D eigenvalue weighted by Crippen LogP contribution is -2.14. The van der Waals surface area contributed by atoms with E-state index in [-0.39, 0.29) is 11.8 Å². The van der Waals surface area contributed by atoms with Crippen molar-refractivity contribution in [1.82, 2.24) is 4.98 Å². The van der Waals surface area contributed by atoms with E-state index in [1.54, 1.807) is 30.0 Å². The number of benzene rings is 1. The van der Waals surface area contributed by atoms with Gasteiger partial charge < -0.3 is 0 Å². The molecule has 0 fully saturated rings. The zero-order valence-electron chi connectivity index (χ0n) is 9.21. The van der Waals surface area contributed by atoms with Gasteiger partial charge >= 0.3 is 0 Å². The van der Waals surface area contributed by atoms with E-state index in [9.17, 15) is 4.79 Å². The van der Waals surface area contributed by atoms with Crippen LogP contribution in [0.25, 0.3) is 10.2 Å². The highest BCUT2D eigenvalue weighted by molar-refractivity contribution is 8.15. The van der Waals surface area contributed by atoms with E-state index in [2.05, 4.69) is 16.0 Å². The molecule has 1 aromatic carbocycles. The lowest BCUT2D eigenvalue weighted by atomic mass is 10.2. The molecule has 86 valence electrons. The normalized spacial score (nSPS) is 19.6. The summed E-state index contributed by atoms with van der Waals surface area (Å²) in [5.74, 6) is 0.884. The van der Waals surface area contributed by atoms with E-state index in [0.717, 1.165) is 26.0 Å². The molecule has 3 nitrogen and oxygen atoms in total. The van der Waals surface area contributed by atoms with Crippen LogP contribution >= 0.6 is 23.1 Å².